The number of rotatable bonds is 8. The zero-order valence-electron chi connectivity index (χ0n) is 33.0. The third kappa shape index (κ3) is 8.33. The minimum atomic E-state index is -1.26. The van der Waals surface area contributed by atoms with Gasteiger partial charge < -0.3 is 24.4 Å². The molecule has 2 fully saturated rings. The minimum Gasteiger partial charge on any atom is -0.444 e. The number of carbonyl (C=O) groups is 2. The molecule has 1 aromatic carbocycles. The second-order valence-corrected chi connectivity index (χ2v) is 17.6. The van der Waals surface area contributed by atoms with Crippen molar-refractivity contribution in [3.05, 3.63) is 63.2 Å². The topological polar surface area (TPSA) is 125 Å². The number of aromatic nitrogens is 3. The highest BCUT2D eigenvalue weighted by Crippen LogP contribution is 2.42. The molecule has 3 atom stereocenters. The van der Waals surface area contributed by atoms with Crippen LogP contribution in [0, 0.1) is 11.6 Å². The Balaban J connectivity index is 1.37. The molecule has 3 aliphatic rings. The third-order valence-electron chi connectivity index (χ3n) is 10.5. The average Bonchev–Trinajstić information content (AvgIpc) is 3.50. The minimum absolute atomic E-state index is 0.0196. The first-order valence-electron chi connectivity index (χ1n) is 18.8. The summed E-state index contributed by atoms with van der Waals surface area (Å²) in [6, 6.07) is 4.89. The van der Waals surface area contributed by atoms with Crippen LogP contribution in [0.3, 0.4) is 0 Å². The molecule has 1 N–H and O–H groups in total. The van der Waals surface area contributed by atoms with Gasteiger partial charge in [-0.15, -0.1) is 5.10 Å². The first kappa shape index (κ1) is 39.8. The zero-order chi connectivity index (χ0) is 39.5. The Hall–Kier alpha value is -3.92. The van der Waals surface area contributed by atoms with E-state index in [4.69, 9.17) is 9.47 Å². The fourth-order valence-electron chi connectivity index (χ4n) is 7.95. The van der Waals surface area contributed by atoms with E-state index in [1.165, 1.54) is 21.2 Å². The number of nitrogens with zero attached hydrogens (tertiary/aromatic N) is 7. The smallest absolute Gasteiger partial charge is 0.410 e. The first-order valence-corrected chi connectivity index (χ1v) is 18.8. The molecule has 3 aromatic rings. The van der Waals surface area contributed by atoms with Crippen LogP contribution in [0.15, 0.2) is 29.1 Å². The summed E-state index contributed by atoms with van der Waals surface area (Å²) < 4.78 is 43.1. The molecule has 296 valence electrons. The Morgan fingerprint density at radius 1 is 1.04 bits per heavy atom. The lowest BCUT2D eigenvalue weighted by Crippen LogP contribution is -2.64. The maximum absolute atomic E-state index is 15.0. The van der Waals surface area contributed by atoms with Gasteiger partial charge in [0.1, 0.15) is 17.2 Å². The highest BCUT2D eigenvalue weighted by Gasteiger charge is 2.44. The lowest BCUT2D eigenvalue weighted by molar-refractivity contribution is -0.121. The van der Waals surface area contributed by atoms with Crippen molar-refractivity contribution >= 4 is 23.3 Å². The van der Waals surface area contributed by atoms with Gasteiger partial charge in [-0.1, -0.05) is 19.9 Å². The zero-order valence-corrected chi connectivity index (χ0v) is 33.0. The molecular formula is C39H55F2N7O6. The van der Waals surface area contributed by atoms with Crippen LogP contribution < -0.4 is 10.6 Å². The molecule has 5 heterocycles. The summed E-state index contributed by atoms with van der Waals surface area (Å²) >= 11 is 0. The molecule has 2 aromatic heterocycles. The summed E-state index contributed by atoms with van der Waals surface area (Å²) in [6.45, 7) is 20.3. The highest BCUT2D eigenvalue weighted by molar-refractivity contribution is 5.98. The lowest BCUT2D eigenvalue weighted by Gasteiger charge is -2.47. The van der Waals surface area contributed by atoms with Gasteiger partial charge in [0.2, 0.25) is 5.91 Å². The molecule has 0 bridgehead atoms. The van der Waals surface area contributed by atoms with Gasteiger partial charge in [-0.05, 0) is 66.2 Å². The van der Waals surface area contributed by atoms with Crippen LogP contribution in [-0.4, -0.2) is 128 Å². The standard InChI is InChI=1S/C39H55F2N7O6/c1-24-17-44(29(18-43-12-13-53-21-25(43)2)19-45(24)36(51)54-37(3,4)5)20-32(49)46-22-38(6,7)33-31(46)15-27(14-26-10-11-28(40)16-30(26)41)34-42-47(23-39(8,9)52)35(50)48(33)34/h10-11,15-16,24-25,29,52H,12-14,17-23H2,1-9H3/t24-,25-,29+/m1/s1. The van der Waals surface area contributed by atoms with Gasteiger partial charge in [0.25, 0.3) is 0 Å². The molecule has 15 heteroatoms. The predicted octanol–water partition coefficient (Wildman–Crippen LogP) is 3.79. The summed E-state index contributed by atoms with van der Waals surface area (Å²) in [7, 11) is 0. The third-order valence-corrected chi connectivity index (χ3v) is 10.5. The fraction of sp³-hybridized carbons (Fsp3) is 0.641. The number of fused-ring (bicyclic) bond motifs is 3. The molecule has 0 radical (unpaired) electrons. The first-order chi connectivity index (χ1) is 25.1. The Morgan fingerprint density at radius 3 is 2.41 bits per heavy atom. The van der Waals surface area contributed by atoms with Crippen LogP contribution in [0.4, 0.5) is 19.3 Å². The average molecular weight is 756 g/mol. The number of carbonyl (C=O) groups excluding carboxylic acids is 2. The maximum atomic E-state index is 15.0. The summed E-state index contributed by atoms with van der Waals surface area (Å²) in [6.07, 6.45) is -0.408. The van der Waals surface area contributed by atoms with Crippen LogP contribution in [-0.2, 0) is 32.6 Å². The predicted molar refractivity (Wildman–Crippen MR) is 200 cm³/mol. The number of aliphatic hydroxyl groups is 1. The van der Waals surface area contributed by atoms with Gasteiger partial charge in [-0.25, -0.2) is 27.5 Å². The van der Waals surface area contributed by atoms with Crippen LogP contribution in [0.1, 0.15) is 79.1 Å². The quantitative estimate of drug-likeness (QED) is 0.366. The number of ether oxygens (including phenoxy) is 2. The van der Waals surface area contributed by atoms with E-state index in [0.29, 0.717) is 49.8 Å². The van der Waals surface area contributed by atoms with E-state index in [9.17, 15) is 23.9 Å². The molecule has 0 aliphatic carbocycles. The monoisotopic (exact) mass is 755 g/mol. The maximum Gasteiger partial charge on any atom is 0.410 e. The normalized spacial score (nSPS) is 22.6. The summed E-state index contributed by atoms with van der Waals surface area (Å²) in [4.78, 5) is 50.0. The molecule has 6 rings (SSSR count). The largest absolute Gasteiger partial charge is 0.444 e. The number of pyridine rings is 1. The van der Waals surface area contributed by atoms with Crippen molar-refractivity contribution in [2.75, 3.05) is 57.4 Å². The SMILES string of the molecule is C[C@@H]1COCCN1C[C@H]1CN(C(=O)OC(C)(C)C)[C@H](C)CN1CC(=O)N1CC(C)(C)c2c1cc(Cc1ccc(F)cc1F)c1nn(CC(C)(C)O)c(=O)n21. The van der Waals surface area contributed by atoms with Crippen LogP contribution >= 0.6 is 0 Å². The molecule has 0 spiro atoms. The summed E-state index contributed by atoms with van der Waals surface area (Å²) in [5.74, 6) is -1.63. The molecule has 2 amide bonds. The van der Waals surface area contributed by atoms with Crippen LogP contribution in [0.2, 0.25) is 0 Å². The second kappa shape index (κ2) is 14.6. The van der Waals surface area contributed by atoms with E-state index in [-0.39, 0.29) is 67.4 Å². The number of hydrogen-bond donors (Lipinski definition) is 1. The Labute approximate surface area is 315 Å². The molecule has 54 heavy (non-hydrogen) atoms. The Bertz CT molecular complexity index is 1970. The lowest BCUT2D eigenvalue weighted by atomic mass is 9.90. The molecule has 0 saturated carbocycles. The van der Waals surface area contributed by atoms with Crippen molar-refractivity contribution < 1.29 is 33.0 Å². The van der Waals surface area contributed by atoms with E-state index in [1.807, 2.05) is 41.5 Å². The van der Waals surface area contributed by atoms with Gasteiger partial charge in [-0.2, -0.15) is 0 Å². The van der Waals surface area contributed by atoms with Gasteiger partial charge >= 0.3 is 11.8 Å². The van der Waals surface area contributed by atoms with Crippen molar-refractivity contribution in [1.82, 2.24) is 28.9 Å². The van der Waals surface area contributed by atoms with Crippen molar-refractivity contribution in [3.63, 3.8) is 0 Å². The van der Waals surface area contributed by atoms with Gasteiger partial charge in [-0.3, -0.25) is 14.6 Å². The number of benzene rings is 1. The number of morpholine rings is 1. The second-order valence-electron chi connectivity index (χ2n) is 17.6. The van der Waals surface area contributed by atoms with E-state index < -0.39 is 33.9 Å². The van der Waals surface area contributed by atoms with E-state index >= 15 is 4.39 Å². The molecular weight excluding hydrogens is 700 g/mol. The van der Waals surface area contributed by atoms with Crippen LogP contribution in [0.5, 0.6) is 0 Å². The van der Waals surface area contributed by atoms with Crippen molar-refractivity contribution in [3.8, 4) is 0 Å². The Morgan fingerprint density at radius 2 is 1.76 bits per heavy atom. The molecule has 13 nitrogen and oxygen atoms in total. The molecule has 3 aliphatic heterocycles. The van der Waals surface area contributed by atoms with E-state index in [2.05, 4.69) is 21.8 Å². The number of hydrogen-bond acceptors (Lipinski definition) is 9. The fourth-order valence-corrected chi connectivity index (χ4v) is 7.95. The molecule has 0 unspecified atom stereocenters. The van der Waals surface area contributed by atoms with Gasteiger partial charge in [0.15, 0.2) is 5.65 Å². The van der Waals surface area contributed by atoms with Crippen LogP contribution in [0.25, 0.3) is 5.65 Å². The van der Waals surface area contributed by atoms with Crippen molar-refractivity contribution in [2.24, 2.45) is 0 Å². The number of halogens is 2. The van der Waals surface area contributed by atoms with E-state index in [0.717, 1.165) is 12.6 Å². The van der Waals surface area contributed by atoms with E-state index in [1.54, 1.807) is 29.7 Å². The van der Waals surface area contributed by atoms with Crippen molar-refractivity contribution in [1.29, 1.82) is 0 Å². The summed E-state index contributed by atoms with van der Waals surface area (Å²) in [5, 5.41) is 15.2. The van der Waals surface area contributed by atoms with Gasteiger partial charge in [0.05, 0.1) is 43.3 Å². The molecule has 2 saturated heterocycles. The number of piperazine rings is 1. The Kier molecular flexibility index (Phi) is 10.8. The number of amides is 2. The highest BCUT2D eigenvalue weighted by atomic mass is 19.1. The summed E-state index contributed by atoms with van der Waals surface area (Å²) in [5.41, 5.74) is -1.04. The van der Waals surface area contributed by atoms with Gasteiger partial charge in [0, 0.05) is 74.3 Å². The van der Waals surface area contributed by atoms with Crippen molar-refractivity contribution in [2.45, 2.75) is 110 Å². The number of anilines is 1.